The minimum Gasteiger partial charge on any atom is -0.393 e. The molecule has 8 heteroatoms. The molecule has 0 bridgehead atoms. The van der Waals surface area contributed by atoms with Crippen LogP contribution in [0.3, 0.4) is 0 Å². The van der Waals surface area contributed by atoms with Gasteiger partial charge in [-0.05, 0) is 89.4 Å². The third-order valence-corrected chi connectivity index (χ3v) is 11.6. The normalized spacial score (nSPS) is 41.7. The molecule has 6 N–H and O–H groups in total. The van der Waals surface area contributed by atoms with Gasteiger partial charge in [-0.25, -0.2) is 0 Å². The maximum Gasteiger partial charge on any atom is 0.0649 e. The molecule has 4 saturated carbocycles. The van der Waals surface area contributed by atoms with Gasteiger partial charge in [-0.15, -0.1) is 0 Å². The van der Waals surface area contributed by atoms with Crippen LogP contribution in [0.2, 0.25) is 0 Å². The second-order valence-electron chi connectivity index (χ2n) is 14.9. The predicted octanol–water partition coefficient (Wildman–Crippen LogP) is 5.08. The molecule has 5 fully saturated rings. The highest BCUT2D eigenvalue weighted by Crippen LogP contribution is 2.36. The zero-order valence-electron chi connectivity index (χ0n) is 27.1. The van der Waals surface area contributed by atoms with E-state index in [-0.39, 0.29) is 36.4 Å². The van der Waals surface area contributed by atoms with Crippen molar-refractivity contribution in [1.82, 2.24) is 16.0 Å². The minimum atomic E-state index is -0.524. The van der Waals surface area contributed by atoms with Crippen molar-refractivity contribution in [3.8, 4) is 0 Å². The van der Waals surface area contributed by atoms with Gasteiger partial charge in [-0.1, -0.05) is 58.3 Å². The van der Waals surface area contributed by atoms with Crippen molar-refractivity contribution in [2.45, 2.75) is 197 Å². The second kappa shape index (κ2) is 17.6. The van der Waals surface area contributed by atoms with Gasteiger partial charge in [0.2, 0.25) is 0 Å². The highest BCUT2D eigenvalue weighted by atomic mass is 16.5. The molecule has 1 aliphatic heterocycles. The Bertz CT molecular complexity index is 777. The Balaban J connectivity index is 1.14. The average Bonchev–Trinajstić information content (AvgIpc) is 3.01. The highest BCUT2D eigenvalue weighted by Gasteiger charge is 2.45. The van der Waals surface area contributed by atoms with Gasteiger partial charge in [-0.3, -0.25) is 16.0 Å². The molecule has 4 aliphatic carbocycles. The van der Waals surface area contributed by atoms with E-state index in [1.54, 1.807) is 0 Å². The first kappa shape index (κ1) is 34.0. The lowest BCUT2D eigenvalue weighted by Crippen LogP contribution is -2.74. The number of aliphatic hydroxyl groups excluding tert-OH is 3. The van der Waals surface area contributed by atoms with Crippen LogP contribution in [-0.2, 0) is 9.47 Å². The molecular weight excluding hydrogens is 542 g/mol. The lowest BCUT2D eigenvalue weighted by molar-refractivity contribution is -0.0763. The van der Waals surface area contributed by atoms with Crippen LogP contribution in [0.5, 0.6) is 0 Å². The third kappa shape index (κ3) is 10.1. The molecule has 8 nitrogen and oxygen atoms in total. The van der Waals surface area contributed by atoms with E-state index in [0.717, 1.165) is 64.4 Å². The molecule has 1 saturated heterocycles. The smallest absolute Gasteiger partial charge is 0.0649 e. The van der Waals surface area contributed by atoms with Gasteiger partial charge in [0.15, 0.2) is 0 Å². The predicted molar refractivity (Wildman–Crippen MR) is 170 cm³/mol. The summed E-state index contributed by atoms with van der Waals surface area (Å²) in [5, 5.41) is 44.1. The fourth-order valence-corrected chi connectivity index (χ4v) is 8.87. The standard InChI is InChI=1S/C35H65N3O5/c1-2-3-4-5-6-10-21-42-28-18-20-30(32(41)23-28)35-37-33(36-34(38-35)29-19-15-25(39)22-31(29)40)24-13-16-27(17-14-24)43-26-11-8-7-9-12-26/h24-41H,2-23H2,1H3. The number of hydrogen-bond donors (Lipinski definition) is 6. The van der Waals surface area contributed by atoms with Crippen LogP contribution in [0.4, 0.5) is 0 Å². The fourth-order valence-electron chi connectivity index (χ4n) is 8.87. The van der Waals surface area contributed by atoms with Crippen LogP contribution < -0.4 is 16.0 Å². The van der Waals surface area contributed by atoms with Crippen molar-refractivity contribution < 1.29 is 24.8 Å². The molecule has 0 aromatic heterocycles. The number of hydrogen-bond acceptors (Lipinski definition) is 8. The summed E-state index contributed by atoms with van der Waals surface area (Å²) >= 11 is 0. The summed E-state index contributed by atoms with van der Waals surface area (Å²) < 4.78 is 12.8. The maximum atomic E-state index is 11.4. The fraction of sp³-hybridized carbons (Fsp3) is 1.00. The number of ether oxygens (including phenoxy) is 2. The van der Waals surface area contributed by atoms with Gasteiger partial charge in [0.25, 0.3) is 0 Å². The van der Waals surface area contributed by atoms with Crippen molar-refractivity contribution >= 4 is 0 Å². The van der Waals surface area contributed by atoms with E-state index in [0.29, 0.717) is 31.0 Å². The molecule has 9 atom stereocenters. The molecule has 5 rings (SSSR count). The van der Waals surface area contributed by atoms with E-state index >= 15 is 0 Å². The summed E-state index contributed by atoms with van der Waals surface area (Å²) in [6, 6.07) is 0. The number of unbranched alkanes of at least 4 members (excludes halogenated alkanes) is 5. The van der Waals surface area contributed by atoms with E-state index in [1.165, 1.54) is 64.2 Å². The summed E-state index contributed by atoms with van der Waals surface area (Å²) in [6.07, 6.45) is 22.9. The van der Waals surface area contributed by atoms with Crippen molar-refractivity contribution in [3.63, 3.8) is 0 Å². The molecule has 1 heterocycles. The topological polar surface area (TPSA) is 115 Å². The van der Waals surface area contributed by atoms with Gasteiger partial charge in [0.1, 0.15) is 0 Å². The lowest BCUT2D eigenvalue weighted by Gasteiger charge is -2.51. The van der Waals surface area contributed by atoms with Gasteiger partial charge in [-0.2, -0.15) is 0 Å². The first-order chi connectivity index (χ1) is 21.0. The summed E-state index contributed by atoms with van der Waals surface area (Å²) in [5.74, 6) is 0.660. The van der Waals surface area contributed by atoms with Crippen molar-refractivity contribution in [1.29, 1.82) is 0 Å². The second-order valence-corrected chi connectivity index (χ2v) is 14.9. The molecular formula is C35H65N3O5. The Morgan fingerprint density at radius 1 is 0.558 bits per heavy atom. The summed E-state index contributed by atoms with van der Waals surface area (Å²) in [7, 11) is 0. The first-order valence-corrected chi connectivity index (χ1v) is 18.6. The molecule has 0 amide bonds. The van der Waals surface area contributed by atoms with E-state index < -0.39 is 18.3 Å². The maximum absolute atomic E-state index is 11.4. The largest absolute Gasteiger partial charge is 0.393 e. The van der Waals surface area contributed by atoms with Crippen LogP contribution in [0, 0.1) is 17.8 Å². The van der Waals surface area contributed by atoms with E-state index in [4.69, 9.17) is 9.47 Å². The Hall–Kier alpha value is -0.320. The Kier molecular flexibility index (Phi) is 13.9. The van der Waals surface area contributed by atoms with E-state index in [2.05, 4.69) is 22.9 Å². The molecule has 0 radical (unpaired) electrons. The van der Waals surface area contributed by atoms with Gasteiger partial charge >= 0.3 is 0 Å². The Morgan fingerprint density at radius 3 is 1.81 bits per heavy atom. The SMILES string of the molecule is CCCCCCCCOC1CCC(C2NC(C3CCC(OC4CCCCC4)CC3)NC(C3CCC(O)CC3O)N2)C(O)C1. The van der Waals surface area contributed by atoms with Crippen LogP contribution >= 0.6 is 0 Å². The average molecular weight is 608 g/mol. The molecule has 5 aliphatic rings. The molecule has 0 aromatic rings. The van der Waals surface area contributed by atoms with Crippen LogP contribution in [0.25, 0.3) is 0 Å². The molecule has 0 spiro atoms. The van der Waals surface area contributed by atoms with Crippen LogP contribution in [0.1, 0.15) is 142 Å². The van der Waals surface area contributed by atoms with Crippen molar-refractivity contribution in [2.75, 3.05) is 6.61 Å². The molecule has 250 valence electrons. The highest BCUT2D eigenvalue weighted by molar-refractivity contribution is 4.98. The number of aliphatic hydroxyl groups is 3. The van der Waals surface area contributed by atoms with Gasteiger partial charge < -0.3 is 24.8 Å². The molecule has 9 unspecified atom stereocenters. The Labute approximate surface area is 261 Å². The zero-order valence-corrected chi connectivity index (χ0v) is 27.1. The zero-order chi connectivity index (χ0) is 30.0. The monoisotopic (exact) mass is 607 g/mol. The number of nitrogens with one attached hydrogen (secondary N) is 3. The van der Waals surface area contributed by atoms with Gasteiger partial charge in [0.05, 0.1) is 55.1 Å². The lowest BCUT2D eigenvalue weighted by atomic mass is 9.78. The third-order valence-electron chi connectivity index (χ3n) is 11.6. The van der Waals surface area contributed by atoms with Crippen molar-refractivity contribution in [3.05, 3.63) is 0 Å². The summed E-state index contributed by atoms with van der Waals surface area (Å²) in [4.78, 5) is 0. The Morgan fingerprint density at radius 2 is 1.14 bits per heavy atom. The molecule has 43 heavy (non-hydrogen) atoms. The molecule has 0 aromatic carbocycles. The van der Waals surface area contributed by atoms with E-state index in [9.17, 15) is 15.3 Å². The minimum absolute atomic E-state index is 0.0129. The number of rotatable bonds is 13. The quantitative estimate of drug-likeness (QED) is 0.161. The summed E-state index contributed by atoms with van der Waals surface area (Å²) in [5.41, 5.74) is 0. The van der Waals surface area contributed by atoms with Gasteiger partial charge in [0, 0.05) is 18.4 Å². The van der Waals surface area contributed by atoms with Crippen LogP contribution in [-0.4, -0.2) is 77.0 Å². The van der Waals surface area contributed by atoms with Crippen LogP contribution in [0.15, 0.2) is 0 Å². The summed E-state index contributed by atoms with van der Waals surface area (Å²) in [6.45, 7) is 3.06. The van der Waals surface area contributed by atoms with E-state index in [1.807, 2.05) is 0 Å². The van der Waals surface area contributed by atoms with Crippen molar-refractivity contribution in [2.24, 2.45) is 17.8 Å². The first-order valence-electron chi connectivity index (χ1n) is 18.6.